The Labute approximate surface area is 111 Å². The van der Waals surface area contributed by atoms with Crippen molar-refractivity contribution in [1.29, 1.82) is 0 Å². The Morgan fingerprint density at radius 2 is 1.74 bits per heavy atom. The lowest BCUT2D eigenvalue weighted by Crippen LogP contribution is -2.43. The highest BCUT2D eigenvalue weighted by Gasteiger charge is 2.20. The van der Waals surface area contributed by atoms with Gasteiger partial charge in [0, 0.05) is 11.4 Å². The van der Waals surface area contributed by atoms with Crippen LogP contribution in [0, 0.1) is 0 Å². The number of anilines is 2. The van der Waals surface area contributed by atoms with Crippen molar-refractivity contribution in [3.63, 3.8) is 0 Å². The van der Waals surface area contributed by atoms with Crippen molar-refractivity contribution >= 4 is 23.3 Å². The first-order valence-electron chi connectivity index (χ1n) is 6.36. The second kappa shape index (κ2) is 6.19. The minimum absolute atomic E-state index is 0.0182. The number of benzene rings is 1. The van der Waals surface area contributed by atoms with Crippen LogP contribution in [0.5, 0.6) is 0 Å². The number of hydrogen-bond donors (Lipinski definition) is 4. The van der Waals surface area contributed by atoms with E-state index < -0.39 is 6.03 Å². The van der Waals surface area contributed by atoms with Gasteiger partial charge in [-0.1, -0.05) is 6.42 Å². The van der Waals surface area contributed by atoms with Crippen LogP contribution >= 0.6 is 0 Å². The third kappa shape index (κ3) is 3.96. The van der Waals surface area contributed by atoms with Gasteiger partial charge in [0.25, 0.3) is 0 Å². The maximum absolute atomic E-state index is 12.0. The molecule has 0 aromatic heterocycles. The van der Waals surface area contributed by atoms with Crippen LogP contribution in [0.15, 0.2) is 24.3 Å². The van der Waals surface area contributed by atoms with Crippen LogP contribution < -0.4 is 21.7 Å². The summed E-state index contributed by atoms with van der Waals surface area (Å²) in [4.78, 5) is 22.6. The molecule has 19 heavy (non-hydrogen) atoms. The van der Waals surface area contributed by atoms with Gasteiger partial charge in [0.1, 0.15) is 0 Å². The Bertz CT molecular complexity index is 452. The highest BCUT2D eigenvalue weighted by Crippen LogP contribution is 2.15. The Hall–Kier alpha value is -2.08. The van der Waals surface area contributed by atoms with Gasteiger partial charge in [-0.3, -0.25) is 4.79 Å². The molecule has 0 saturated carbocycles. The van der Waals surface area contributed by atoms with Gasteiger partial charge >= 0.3 is 6.03 Å². The smallest absolute Gasteiger partial charge is 0.316 e. The molecule has 1 aliphatic rings. The molecule has 0 radical (unpaired) electrons. The van der Waals surface area contributed by atoms with Gasteiger partial charge in [0.2, 0.25) is 5.91 Å². The van der Waals surface area contributed by atoms with Crippen LogP contribution in [0.3, 0.4) is 0 Å². The van der Waals surface area contributed by atoms with Crippen molar-refractivity contribution in [3.8, 4) is 0 Å². The van der Waals surface area contributed by atoms with E-state index in [9.17, 15) is 9.59 Å². The fraction of sp³-hybridized carbons (Fsp3) is 0.385. The van der Waals surface area contributed by atoms with Gasteiger partial charge in [-0.25, -0.2) is 4.79 Å². The summed E-state index contributed by atoms with van der Waals surface area (Å²) < 4.78 is 0. The summed E-state index contributed by atoms with van der Waals surface area (Å²) in [6, 6.07) is 6.11. The average Bonchev–Trinajstić information content (AvgIpc) is 2.41. The van der Waals surface area contributed by atoms with Crippen molar-refractivity contribution in [2.45, 2.75) is 25.3 Å². The molecule has 2 rings (SSSR count). The summed E-state index contributed by atoms with van der Waals surface area (Å²) in [5.74, 6) is -0.0182. The topological polar surface area (TPSA) is 96.2 Å². The minimum Gasteiger partial charge on any atom is -0.351 e. The van der Waals surface area contributed by atoms with E-state index in [1.54, 1.807) is 24.3 Å². The van der Waals surface area contributed by atoms with Gasteiger partial charge in [0.15, 0.2) is 0 Å². The predicted molar refractivity (Wildman–Crippen MR) is 73.9 cm³/mol. The van der Waals surface area contributed by atoms with Gasteiger partial charge in [0.05, 0.1) is 6.04 Å². The minimum atomic E-state index is -0.608. The van der Waals surface area contributed by atoms with Crippen molar-refractivity contribution < 1.29 is 9.59 Å². The molecule has 6 nitrogen and oxygen atoms in total. The first-order valence-corrected chi connectivity index (χ1v) is 6.36. The van der Waals surface area contributed by atoms with E-state index in [0.717, 1.165) is 25.8 Å². The van der Waals surface area contributed by atoms with E-state index in [1.165, 1.54) is 0 Å². The highest BCUT2D eigenvalue weighted by atomic mass is 16.2. The van der Waals surface area contributed by atoms with Crippen LogP contribution in [0.1, 0.15) is 19.3 Å². The second-order valence-electron chi connectivity index (χ2n) is 4.56. The van der Waals surface area contributed by atoms with Crippen LogP contribution in [-0.2, 0) is 4.79 Å². The van der Waals surface area contributed by atoms with Crippen LogP contribution in [-0.4, -0.2) is 24.5 Å². The molecule has 0 aliphatic carbocycles. The normalized spacial score (nSPS) is 18.6. The van der Waals surface area contributed by atoms with Crippen molar-refractivity contribution in [3.05, 3.63) is 24.3 Å². The molecule has 0 bridgehead atoms. The first-order chi connectivity index (χ1) is 9.15. The lowest BCUT2D eigenvalue weighted by Gasteiger charge is -2.22. The molecule has 0 spiro atoms. The lowest BCUT2D eigenvalue weighted by atomic mass is 10.0. The number of carbonyl (C=O) groups is 2. The number of piperidine rings is 1. The van der Waals surface area contributed by atoms with E-state index in [4.69, 9.17) is 5.73 Å². The maximum atomic E-state index is 12.0. The number of hydrogen-bond acceptors (Lipinski definition) is 3. The van der Waals surface area contributed by atoms with Gasteiger partial charge in [-0.2, -0.15) is 0 Å². The third-order valence-corrected chi connectivity index (χ3v) is 3.05. The van der Waals surface area contributed by atoms with Crippen molar-refractivity contribution in [2.75, 3.05) is 17.2 Å². The highest BCUT2D eigenvalue weighted by molar-refractivity contribution is 5.95. The Kier molecular flexibility index (Phi) is 4.35. The summed E-state index contributed by atoms with van der Waals surface area (Å²) in [6.45, 7) is 0.888. The number of primary amides is 1. The molecule has 0 unspecified atom stereocenters. The second-order valence-corrected chi connectivity index (χ2v) is 4.56. The molecule has 1 saturated heterocycles. The Balaban J connectivity index is 1.91. The summed E-state index contributed by atoms with van der Waals surface area (Å²) in [7, 11) is 0. The number of rotatable bonds is 3. The molecule has 3 amide bonds. The van der Waals surface area contributed by atoms with Gasteiger partial charge in [-0.15, -0.1) is 0 Å². The SMILES string of the molecule is NC(=O)Nc1ccc(NC(=O)[C@H]2CCCCN2)cc1. The molecule has 1 aromatic rings. The first kappa shape index (κ1) is 13.4. The average molecular weight is 262 g/mol. The molecule has 5 N–H and O–H groups in total. The Morgan fingerprint density at radius 1 is 1.11 bits per heavy atom. The number of nitrogens with one attached hydrogen (secondary N) is 3. The summed E-state index contributed by atoms with van der Waals surface area (Å²) in [5, 5.41) is 8.50. The number of amides is 3. The third-order valence-electron chi connectivity index (χ3n) is 3.05. The molecule has 6 heteroatoms. The van der Waals surface area contributed by atoms with E-state index in [0.29, 0.717) is 11.4 Å². The quantitative estimate of drug-likeness (QED) is 0.660. The number of carbonyl (C=O) groups excluding carboxylic acids is 2. The van der Waals surface area contributed by atoms with Crippen LogP contribution in [0.4, 0.5) is 16.2 Å². The summed E-state index contributed by atoms with van der Waals surface area (Å²) in [5.41, 5.74) is 6.31. The molecule has 102 valence electrons. The Morgan fingerprint density at radius 3 is 2.26 bits per heavy atom. The number of urea groups is 1. The lowest BCUT2D eigenvalue weighted by molar-refractivity contribution is -0.118. The predicted octanol–water partition coefficient (Wildman–Crippen LogP) is 1.26. The van der Waals surface area contributed by atoms with Gasteiger partial charge < -0.3 is 21.7 Å². The summed E-state index contributed by atoms with van der Waals surface area (Å²) >= 11 is 0. The van der Waals surface area contributed by atoms with E-state index in [1.807, 2.05) is 0 Å². The molecule has 1 aromatic carbocycles. The molecular weight excluding hydrogens is 244 g/mol. The zero-order valence-corrected chi connectivity index (χ0v) is 10.6. The monoisotopic (exact) mass is 262 g/mol. The van der Waals surface area contributed by atoms with E-state index in [-0.39, 0.29) is 11.9 Å². The van der Waals surface area contributed by atoms with Crippen molar-refractivity contribution in [1.82, 2.24) is 5.32 Å². The fourth-order valence-corrected chi connectivity index (χ4v) is 2.08. The standard InChI is InChI=1S/C13H18N4O2/c14-13(19)17-10-6-4-9(5-7-10)16-12(18)11-3-1-2-8-15-11/h4-7,11,15H,1-3,8H2,(H,16,18)(H3,14,17,19)/t11-/m1/s1. The van der Waals surface area contributed by atoms with Crippen molar-refractivity contribution in [2.24, 2.45) is 5.73 Å². The number of nitrogens with two attached hydrogens (primary N) is 1. The molecule has 1 heterocycles. The molecule has 1 fully saturated rings. The van der Waals surface area contributed by atoms with Crippen LogP contribution in [0.2, 0.25) is 0 Å². The largest absolute Gasteiger partial charge is 0.351 e. The zero-order chi connectivity index (χ0) is 13.7. The molecular formula is C13H18N4O2. The van der Waals surface area contributed by atoms with Gasteiger partial charge in [-0.05, 0) is 43.7 Å². The maximum Gasteiger partial charge on any atom is 0.316 e. The molecule has 1 aliphatic heterocycles. The molecule has 1 atom stereocenters. The van der Waals surface area contributed by atoms with E-state index >= 15 is 0 Å². The van der Waals surface area contributed by atoms with E-state index in [2.05, 4.69) is 16.0 Å². The fourth-order valence-electron chi connectivity index (χ4n) is 2.08. The zero-order valence-electron chi connectivity index (χ0n) is 10.6. The summed E-state index contributed by atoms with van der Waals surface area (Å²) in [6.07, 6.45) is 3.07. The van der Waals surface area contributed by atoms with Crippen LogP contribution in [0.25, 0.3) is 0 Å².